The largest absolute Gasteiger partial charge is 0.347 e. The Kier molecular flexibility index (Phi) is 5.14. The second-order valence-electron chi connectivity index (χ2n) is 7.88. The molecule has 1 saturated heterocycles. The molecule has 0 radical (unpaired) electrons. The number of likely N-dealkylation sites (tertiary alicyclic amines) is 1. The van der Waals surface area contributed by atoms with Crippen LogP contribution in [0.25, 0.3) is 0 Å². The minimum Gasteiger partial charge on any atom is -0.347 e. The molecule has 0 spiro atoms. The third kappa shape index (κ3) is 3.70. The van der Waals surface area contributed by atoms with E-state index in [9.17, 15) is 14.4 Å². The van der Waals surface area contributed by atoms with Crippen molar-refractivity contribution >= 4 is 23.4 Å². The zero-order valence-electron chi connectivity index (χ0n) is 15.7. The van der Waals surface area contributed by atoms with E-state index >= 15 is 0 Å². The molecule has 2 heterocycles. The highest BCUT2D eigenvalue weighted by Crippen LogP contribution is 2.29. The molecule has 1 aromatic rings. The molecule has 0 aromatic heterocycles. The molecule has 3 aliphatic rings. The number of anilines is 1. The summed E-state index contributed by atoms with van der Waals surface area (Å²) in [5.41, 5.74) is 2.11. The molecule has 27 heavy (non-hydrogen) atoms. The summed E-state index contributed by atoms with van der Waals surface area (Å²) in [6, 6.07) is 8.17. The number of nitrogens with zero attached hydrogens (tertiary/aromatic N) is 2. The van der Waals surface area contributed by atoms with E-state index in [-0.39, 0.29) is 36.6 Å². The first-order chi connectivity index (χ1) is 13.1. The Bertz CT molecular complexity index is 742. The Morgan fingerprint density at radius 1 is 1.11 bits per heavy atom. The average Bonchev–Trinajstić information content (AvgIpc) is 3.30. The summed E-state index contributed by atoms with van der Waals surface area (Å²) in [4.78, 5) is 41.0. The van der Waals surface area contributed by atoms with Crippen LogP contribution in [-0.4, -0.2) is 48.3 Å². The highest BCUT2D eigenvalue weighted by Gasteiger charge is 2.38. The van der Waals surface area contributed by atoms with Gasteiger partial charge in [0.1, 0.15) is 0 Å². The molecule has 4 rings (SSSR count). The summed E-state index contributed by atoms with van der Waals surface area (Å²) in [5.74, 6) is -0.524. The number of hydrogen-bond acceptors (Lipinski definition) is 3. The highest BCUT2D eigenvalue weighted by atomic mass is 16.2. The van der Waals surface area contributed by atoms with Crippen molar-refractivity contribution < 1.29 is 14.4 Å². The lowest BCUT2D eigenvalue weighted by Crippen LogP contribution is -2.42. The molecule has 1 saturated carbocycles. The maximum Gasteiger partial charge on any atom is 0.246 e. The van der Waals surface area contributed by atoms with Crippen LogP contribution >= 0.6 is 0 Å². The highest BCUT2D eigenvalue weighted by molar-refractivity contribution is 5.99. The van der Waals surface area contributed by atoms with Crippen LogP contribution in [0.2, 0.25) is 0 Å². The van der Waals surface area contributed by atoms with Gasteiger partial charge in [0.05, 0.1) is 12.5 Å². The van der Waals surface area contributed by atoms with Gasteiger partial charge in [0.25, 0.3) is 0 Å². The van der Waals surface area contributed by atoms with Crippen molar-refractivity contribution in [1.82, 2.24) is 10.2 Å². The van der Waals surface area contributed by atoms with Crippen LogP contribution in [0.1, 0.15) is 44.1 Å². The van der Waals surface area contributed by atoms with Crippen LogP contribution in [0.4, 0.5) is 5.69 Å². The number of benzene rings is 1. The van der Waals surface area contributed by atoms with Gasteiger partial charge in [0, 0.05) is 31.2 Å². The van der Waals surface area contributed by atoms with Crippen LogP contribution in [0, 0.1) is 5.92 Å². The van der Waals surface area contributed by atoms with E-state index in [2.05, 4.69) is 5.32 Å². The van der Waals surface area contributed by atoms with Crippen molar-refractivity contribution in [2.75, 3.05) is 24.5 Å². The van der Waals surface area contributed by atoms with Crippen molar-refractivity contribution in [3.8, 4) is 0 Å². The quantitative estimate of drug-likeness (QED) is 0.881. The van der Waals surface area contributed by atoms with Gasteiger partial charge < -0.3 is 15.1 Å². The van der Waals surface area contributed by atoms with E-state index in [1.165, 1.54) is 12.0 Å². The fraction of sp³-hybridized carbons (Fsp3) is 0.571. The normalized spacial score (nSPS) is 22.8. The zero-order chi connectivity index (χ0) is 18.8. The van der Waals surface area contributed by atoms with E-state index in [1.54, 1.807) is 4.90 Å². The number of hydrogen-bond donors (Lipinski definition) is 1. The van der Waals surface area contributed by atoms with Crippen molar-refractivity contribution in [1.29, 1.82) is 0 Å². The number of amides is 3. The molecule has 1 atom stereocenters. The van der Waals surface area contributed by atoms with E-state index in [0.717, 1.165) is 37.8 Å². The van der Waals surface area contributed by atoms with Gasteiger partial charge in [-0.3, -0.25) is 14.4 Å². The Hall–Kier alpha value is -2.37. The summed E-state index contributed by atoms with van der Waals surface area (Å²) in [5, 5.41) is 2.77. The first kappa shape index (κ1) is 18.0. The maximum absolute atomic E-state index is 12.5. The van der Waals surface area contributed by atoms with E-state index in [4.69, 9.17) is 0 Å². The van der Waals surface area contributed by atoms with Crippen molar-refractivity contribution in [3.63, 3.8) is 0 Å². The van der Waals surface area contributed by atoms with Crippen molar-refractivity contribution in [2.24, 2.45) is 5.92 Å². The Morgan fingerprint density at radius 2 is 1.89 bits per heavy atom. The first-order valence-electron chi connectivity index (χ1n) is 10.1. The summed E-state index contributed by atoms with van der Waals surface area (Å²) in [6.45, 7) is 1.14. The van der Waals surface area contributed by atoms with Gasteiger partial charge >= 0.3 is 0 Å². The Morgan fingerprint density at radius 3 is 2.70 bits per heavy atom. The number of carbonyl (C=O) groups is 3. The minimum absolute atomic E-state index is 0.0126. The van der Waals surface area contributed by atoms with Crippen LogP contribution in [0.3, 0.4) is 0 Å². The van der Waals surface area contributed by atoms with Gasteiger partial charge in [0.15, 0.2) is 0 Å². The molecule has 2 fully saturated rings. The van der Waals surface area contributed by atoms with Crippen molar-refractivity contribution in [2.45, 2.75) is 51.0 Å². The van der Waals surface area contributed by atoms with Gasteiger partial charge in [-0.25, -0.2) is 0 Å². The van der Waals surface area contributed by atoms with Gasteiger partial charge in [-0.2, -0.15) is 0 Å². The molecule has 3 amide bonds. The number of nitrogens with one attached hydrogen (secondary N) is 1. The smallest absolute Gasteiger partial charge is 0.246 e. The van der Waals surface area contributed by atoms with Crippen LogP contribution < -0.4 is 10.2 Å². The Balaban J connectivity index is 1.30. The molecule has 6 heteroatoms. The lowest BCUT2D eigenvalue weighted by Gasteiger charge is -2.31. The van der Waals surface area contributed by atoms with Crippen molar-refractivity contribution in [3.05, 3.63) is 29.8 Å². The lowest BCUT2D eigenvalue weighted by molar-refractivity contribution is -0.130. The Labute approximate surface area is 159 Å². The van der Waals surface area contributed by atoms with Gasteiger partial charge in [-0.05, 0) is 30.9 Å². The summed E-state index contributed by atoms with van der Waals surface area (Å²) < 4.78 is 0. The predicted octanol–water partition coefficient (Wildman–Crippen LogP) is 1.87. The number of fused-ring (bicyclic) bond motifs is 1. The monoisotopic (exact) mass is 369 g/mol. The third-order valence-electron chi connectivity index (χ3n) is 6.15. The maximum atomic E-state index is 12.5. The molecular weight excluding hydrogens is 342 g/mol. The van der Waals surface area contributed by atoms with E-state index in [0.29, 0.717) is 19.1 Å². The number of carbonyl (C=O) groups excluding carboxylic acids is 3. The standard InChI is InChI=1S/C21H27N3O3/c25-19-12-16(14-24(19)17-7-2-1-3-8-17)21(27)22-13-20(26)23-11-10-15-6-4-5-9-18(15)23/h4-6,9,16-17H,1-3,7-8,10-14H2,(H,22,27). The fourth-order valence-electron chi connectivity index (χ4n) is 4.65. The second-order valence-corrected chi connectivity index (χ2v) is 7.88. The minimum atomic E-state index is -0.335. The van der Waals surface area contributed by atoms with Crippen LogP contribution in [-0.2, 0) is 20.8 Å². The summed E-state index contributed by atoms with van der Waals surface area (Å²) >= 11 is 0. The van der Waals surface area contributed by atoms with Gasteiger partial charge in [0.2, 0.25) is 17.7 Å². The zero-order valence-corrected chi connectivity index (χ0v) is 15.7. The number of para-hydroxylation sites is 1. The van der Waals surface area contributed by atoms with E-state index < -0.39 is 0 Å². The summed E-state index contributed by atoms with van der Waals surface area (Å²) in [6.07, 6.45) is 6.78. The van der Waals surface area contributed by atoms with Gasteiger partial charge in [-0.1, -0.05) is 37.5 Å². The second kappa shape index (κ2) is 7.71. The fourth-order valence-corrected chi connectivity index (χ4v) is 4.65. The molecule has 144 valence electrons. The average molecular weight is 369 g/mol. The molecule has 6 nitrogen and oxygen atoms in total. The molecular formula is C21H27N3O3. The summed E-state index contributed by atoms with van der Waals surface area (Å²) in [7, 11) is 0. The lowest BCUT2D eigenvalue weighted by atomic mass is 9.94. The number of rotatable bonds is 4. The molecule has 1 unspecified atom stereocenters. The predicted molar refractivity (Wildman–Crippen MR) is 102 cm³/mol. The van der Waals surface area contributed by atoms with Gasteiger partial charge in [-0.15, -0.1) is 0 Å². The molecule has 2 aliphatic heterocycles. The third-order valence-corrected chi connectivity index (χ3v) is 6.15. The van der Waals surface area contributed by atoms with E-state index in [1.807, 2.05) is 29.2 Å². The molecule has 0 bridgehead atoms. The topological polar surface area (TPSA) is 69.7 Å². The molecule has 1 aromatic carbocycles. The first-order valence-corrected chi connectivity index (χ1v) is 10.1. The van der Waals surface area contributed by atoms with Crippen LogP contribution in [0.5, 0.6) is 0 Å². The van der Waals surface area contributed by atoms with Crippen LogP contribution in [0.15, 0.2) is 24.3 Å². The molecule has 1 aliphatic carbocycles. The molecule has 1 N–H and O–H groups in total. The SMILES string of the molecule is O=C(NCC(=O)N1CCc2ccccc21)C1CC(=O)N(C2CCCCC2)C1.